The molecule has 0 aliphatic carbocycles. The third kappa shape index (κ3) is 7.15. The Morgan fingerprint density at radius 2 is 1.94 bits per heavy atom. The lowest BCUT2D eigenvalue weighted by Crippen LogP contribution is -2.39. The minimum Gasteiger partial charge on any atom is -0.379 e. The third-order valence-corrected chi connectivity index (χ3v) is 7.56. The Kier molecular flexibility index (Phi) is 10.2. The van der Waals surface area contributed by atoms with E-state index in [1.54, 1.807) is 22.7 Å². The van der Waals surface area contributed by atoms with Crippen LogP contribution in [0.25, 0.3) is 10.2 Å². The zero-order chi connectivity index (χ0) is 23.2. The minimum atomic E-state index is -0.353. The van der Waals surface area contributed by atoms with Gasteiger partial charge in [0.05, 0.1) is 24.3 Å². The van der Waals surface area contributed by atoms with Crippen molar-refractivity contribution in [2.24, 2.45) is 0 Å². The molecule has 9 heteroatoms. The van der Waals surface area contributed by atoms with Crippen LogP contribution in [0.15, 0.2) is 47.4 Å². The van der Waals surface area contributed by atoms with Crippen LogP contribution in [0.4, 0.5) is 9.52 Å². The number of nitrogens with zero attached hydrogens (tertiary/aromatic N) is 3. The smallest absolute Gasteiger partial charge is 0.233 e. The number of aromatic nitrogens is 1. The van der Waals surface area contributed by atoms with Crippen molar-refractivity contribution < 1.29 is 13.9 Å². The molecule has 1 fully saturated rings. The zero-order valence-electron chi connectivity index (χ0n) is 19.5. The van der Waals surface area contributed by atoms with Gasteiger partial charge in [0.25, 0.3) is 0 Å². The molecule has 4 rings (SSSR count). The lowest BCUT2D eigenvalue weighted by Gasteiger charge is -2.27. The lowest BCUT2D eigenvalue weighted by atomic mass is 10.1. The number of amides is 1. The van der Waals surface area contributed by atoms with Crippen LogP contribution < -0.4 is 4.90 Å². The number of hydrogen-bond acceptors (Lipinski definition) is 6. The van der Waals surface area contributed by atoms with Crippen LogP contribution in [0.5, 0.6) is 0 Å². The van der Waals surface area contributed by atoms with Crippen molar-refractivity contribution in [1.29, 1.82) is 0 Å². The predicted molar refractivity (Wildman–Crippen MR) is 142 cm³/mol. The monoisotopic (exact) mass is 523 g/mol. The van der Waals surface area contributed by atoms with E-state index in [0.29, 0.717) is 28.9 Å². The molecule has 1 aliphatic rings. The summed E-state index contributed by atoms with van der Waals surface area (Å²) in [5.41, 5.74) is 1.30. The zero-order valence-corrected chi connectivity index (χ0v) is 22.0. The number of hydrogen-bond donors (Lipinski definition) is 0. The number of anilines is 1. The summed E-state index contributed by atoms with van der Waals surface area (Å²) in [6.07, 6.45) is 1.12. The van der Waals surface area contributed by atoms with Gasteiger partial charge >= 0.3 is 0 Å². The number of ether oxygens (including phenoxy) is 1. The maximum atomic E-state index is 14.3. The number of carbonyl (C=O) groups excluding carboxylic acids is 1. The molecule has 1 aliphatic heterocycles. The molecule has 2 heterocycles. The molecule has 1 amide bonds. The summed E-state index contributed by atoms with van der Waals surface area (Å²) >= 11 is 3.18. The normalized spacial score (nSPS) is 14.4. The number of benzene rings is 2. The van der Waals surface area contributed by atoms with Crippen molar-refractivity contribution in [3.63, 3.8) is 0 Å². The summed E-state index contributed by atoms with van der Waals surface area (Å²) < 4.78 is 20.4. The number of rotatable bonds is 9. The highest BCUT2D eigenvalue weighted by molar-refractivity contribution is 7.99. The van der Waals surface area contributed by atoms with Crippen molar-refractivity contribution in [1.82, 2.24) is 9.88 Å². The second-order valence-electron chi connectivity index (χ2n) is 8.42. The summed E-state index contributed by atoms with van der Waals surface area (Å²) in [6, 6.07) is 13.1. The topological polar surface area (TPSA) is 45.7 Å². The van der Waals surface area contributed by atoms with Gasteiger partial charge in [0.15, 0.2) is 5.13 Å². The molecule has 184 valence electrons. The number of thioether (sulfide) groups is 1. The first-order chi connectivity index (χ1) is 16.0. The average molecular weight is 524 g/mol. The highest BCUT2D eigenvalue weighted by Crippen LogP contribution is 2.31. The van der Waals surface area contributed by atoms with Gasteiger partial charge in [-0.1, -0.05) is 43.4 Å². The molecule has 34 heavy (non-hydrogen) atoms. The van der Waals surface area contributed by atoms with Crippen molar-refractivity contribution in [2.75, 3.05) is 44.3 Å². The van der Waals surface area contributed by atoms with Crippen LogP contribution in [0.2, 0.25) is 0 Å². The van der Waals surface area contributed by atoms with Crippen LogP contribution in [0.1, 0.15) is 25.8 Å². The van der Waals surface area contributed by atoms with E-state index in [0.717, 1.165) is 49.5 Å². The minimum absolute atomic E-state index is 0. The summed E-state index contributed by atoms with van der Waals surface area (Å²) in [4.78, 5) is 23.2. The molecule has 0 radical (unpaired) electrons. The van der Waals surface area contributed by atoms with E-state index >= 15 is 0 Å². The molecule has 3 aromatic rings. The van der Waals surface area contributed by atoms with E-state index in [-0.39, 0.29) is 24.1 Å². The van der Waals surface area contributed by atoms with Crippen molar-refractivity contribution in [2.45, 2.75) is 36.8 Å². The third-order valence-electron chi connectivity index (χ3n) is 5.50. The summed E-state index contributed by atoms with van der Waals surface area (Å²) in [5, 5.41) is 1.08. The molecule has 1 saturated heterocycles. The molecule has 5 nitrogen and oxygen atoms in total. The number of carbonyl (C=O) groups is 1. The molecule has 0 bridgehead atoms. The predicted octanol–water partition coefficient (Wildman–Crippen LogP) is 5.66. The van der Waals surface area contributed by atoms with Crippen molar-refractivity contribution in [3.8, 4) is 0 Å². The van der Waals surface area contributed by atoms with Crippen LogP contribution >= 0.6 is 35.5 Å². The number of fused-ring (bicyclic) bond motifs is 1. The second kappa shape index (κ2) is 12.8. The number of thiazole rings is 1. The van der Waals surface area contributed by atoms with Gasteiger partial charge in [-0.05, 0) is 36.2 Å². The molecule has 0 unspecified atom stereocenters. The fourth-order valence-corrected chi connectivity index (χ4v) is 5.71. The Morgan fingerprint density at radius 1 is 1.21 bits per heavy atom. The largest absolute Gasteiger partial charge is 0.379 e. The van der Waals surface area contributed by atoms with Crippen molar-refractivity contribution in [3.05, 3.63) is 53.8 Å². The van der Waals surface area contributed by atoms with E-state index < -0.39 is 0 Å². The van der Waals surface area contributed by atoms with E-state index in [1.165, 1.54) is 22.3 Å². The Morgan fingerprint density at radius 3 is 2.62 bits per heavy atom. The van der Waals surface area contributed by atoms with Crippen LogP contribution in [-0.2, 0) is 16.0 Å². The highest BCUT2D eigenvalue weighted by atomic mass is 35.5. The Labute approximate surface area is 215 Å². The first-order valence-electron chi connectivity index (χ1n) is 11.4. The summed E-state index contributed by atoms with van der Waals surface area (Å²) in [5.74, 6) is -0.366. The summed E-state index contributed by atoms with van der Waals surface area (Å²) in [6.45, 7) is 9.12. The molecular formula is C25H31ClFN3O2S2. The molecule has 0 spiro atoms. The van der Waals surface area contributed by atoms with E-state index in [9.17, 15) is 9.18 Å². The first-order valence-corrected chi connectivity index (χ1v) is 13.1. The molecule has 0 atom stereocenters. The van der Waals surface area contributed by atoms with Gasteiger partial charge in [0.1, 0.15) is 11.3 Å². The Bertz CT molecular complexity index is 1070. The maximum Gasteiger partial charge on any atom is 0.233 e. The number of halogens is 2. The van der Waals surface area contributed by atoms with Gasteiger partial charge in [-0.25, -0.2) is 9.37 Å². The SMILES string of the molecule is CC(C)Sc1ccc(CC(=O)N(CCCN2CCOCC2)c2nc3c(F)cccc3s2)cc1.Cl. The van der Waals surface area contributed by atoms with Gasteiger partial charge in [-0.2, -0.15) is 0 Å². The fourth-order valence-electron chi connectivity index (χ4n) is 3.85. The van der Waals surface area contributed by atoms with Crippen LogP contribution in [0.3, 0.4) is 0 Å². The van der Waals surface area contributed by atoms with Gasteiger partial charge in [-0.15, -0.1) is 24.2 Å². The highest BCUT2D eigenvalue weighted by Gasteiger charge is 2.21. The molecular weight excluding hydrogens is 493 g/mol. The quantitative estimate of drug-likeness (QED) is 0.339. The fraction of sp³-hybridized carbons (Fsp3) is 0.440. The number of morpholine rings is 1. The molecule has 1 aromatic heterocycles. The number of para-hydroxylation sites is 1. The summed E-state index contributed by atoms with van der Waals surface area (Å²) in [7, 11) is 0. The van der Waals surface area contributed by atoms with E-state index in [4.69, 9.17) is 4.74 Å². The van der Waals surface area contributed by atoms with Crippen LogP contribution in [0, 0.1) is 5.82 Å². The second-order valence-corrected chi connectivity index (χ2v) is 11.1. The molecule has 0 saturated carbocycles. The standard InChI is InChI=1S/C25H30FN3O2S2.ClH/c1-18(2)32-20-9-7-19(8-10-20)17-23(30)29(12-4-11-28-13-15-31-16-14-28)25-27-24-21(26)5-3-6-22(24)33-25;/h3,5-10,18H,4,11-17H2,1-2H3;1H. The van der Waals surface area contributed by atoms with Crippen molar-refractivity contribution >= 4 is 56.8 Å². The van der Waals surface area contributed by atoms with Crippen LogP contribution in [-0.4, -0.2) is 60.4 Å². The maximum absolute atomic E-state index is 14.3. The van der Waals surface area contributed by atoms with Gasteiger partial charge in [-0.3, -0.25) is 14.6 Å². The van der Waals surface area contributed by atoms with Gasteiger partial charge < -0.3 is 4.74 Å². The van der Waals surface area contributed by atoms with Gasteiger partial charge in [0, 0.05) is 36.3 Å². The van der Waals surface area contributed by atoms with Gasteiger partial charge in [0.2, 0.25) is 5.91 Å². The average Bonchev–Trinajstić information content (AvgIpc) is 3.23. The lowest BCUT2D eigenvalue weighted by molar-refractivity contribution is -0.118. The first kappa shape index (κ1) is 26.9. The molecule has 0 N–H and O–H groups in total. The molecule has 2 aromatic carbocycles. The Hall–Kier alpha value is -1.71. The van der Waals surface area contributed by atoms with E-state index in [2.05, 4.69) is 35.9 Å². The van der Waals surface area contributed by atoms with E-state index in [1.807, 2.05) is 18.2 Å². The Balaban J connectivity index is 0.00000324.